The van der Waals surface area contributed by atoms with Crippen molar-refractivity contribution in [2.45, 2.75) is 12.5 Å². The summed E-state index contributed by atoms with van der Waals surface area (Å²) in [6.45, 7) is 0. The minimum absolute atomic E-state index is 0.109. The minimum Gasteiger partial charge on any atom is -0.479 e. The minimum atomic E-state index is -1.65. The van der Waals surface area contributed by atoms with Crippen LogP contribution in [0, 0.1) is 0 Å². The molecule has 1 atom stereocenters. The highest BCUT2D eigenvalue weighted by atomic mass is 35.5. The topological polar surface area (TPSA) is 74.6 Å². The Kier molecular flexibility index (Phi) is 4.93. The van der Waals surface area contributed by atoms with Crippen LogP contribution in [-0.4, -0.2) is 27.8 Å². The van der Waals surface area contributed by atoms with Crippen LogP contribution in [0.4, 0.5) is 0 Å². The molecule has 1 aromatic rings. The van der Waals surface area contributed by atoms with E-state index in [4.69, 9.17) is 28.3 Å². The van der Waals surface area contributed by atoms with Crippen LogP contribution in [0.3, 0.4) is 0 Å². The predicted octanol–water partition coefficient (Wildman–Crippen LogP) is 2.27. The fraction of sp³-hybridized carbons (Fsp3) is 0.273. The molecule has 0 heterocycles. The van der Waals surface area contributed by atoms with Gasteiger partial charge in [-0.15, -0.1) is 11.6 Å². The summed E-state index contributed by atoms with van der Waals surface area (Å²) in [7, 11) is 0. The van der Waals surface area contributed by atoms with Gasteiger partial charge < -0.3 is 10.2 Å². The van der Waals surface area contributed by atoms with Crippen molar-refractivity contribution in [2.75, 3.05) is 5.88 Å². The van der Waals surface area contributed by atoms with E-state index in [-0.39, 0.29) is 34.2 Å². The summed E-state index contributed by atoms with van der Waals surface area (Å²) >= 11 is 11.3. The number of rotatable bonds is 5. The third kappa shape index (κ3) is 3.43. The second-order valence-electron chi connectivity index (χ2n) is 3.34. The number of carboxylic acid groups (broad SMARTS) is 1. The van der Waals surface area contributed by atoms with Crippen LogP contribution in [0.5, 0.6) is 0 Å². The molecule has 0 aliphatic heterocycles. The standard InChI is InChI=1S/C11H10Cl2O4/c12-4-3-9(14)7-2-1-6(5-8(7)13)10(15)11(16)17/h1-2,5,10,15H,3-4H2,(H,16,17). The monoisotopic (exact) mass is 276 g/mol. The van der Waals surface area contributed by atoms with Crippen molar-refractivity contribution in [3.05, 3.63) is 34.3 Å². The largest absolute Gasteiger partial charge is 0.479 e. The van der Waals surface area contributed by atoms with E-state index < -0.39 is 12.1 Å². The van der Waals surface area contributed by atoms with Gasteiger partial charge >= 0.3 is 5.97 Å². The normalized spacial score (nSPS) is 12.2. The quantitative estimate of drug-likeness (QED) is 0.639. The predicted molar refractivity (Wildman–Crippen MR) is 63.7 cm³/mol. The molecule has 1 aromatic carbocycles. The smallest absolute Gasteiger partial charge is 0.337 e. The average Bonchev–Trinajstić information content (AvgIpc) is 2.27. The number of hydrogen-bond acceptors (Lipinski definition) is 3. The number of aliphatic carboxylic acids is 1. The Morgan fingerprint density at radius 2 is 2.00 bits per heavy atom. The van der Waals surface area contributed by atoms with Crippen molar-refractivity contribution in [3.63, 3.8) is 0 Å². The highest BCUT2D eigenvalue weighted by Crippen LogP contribution is 2.23. The molecule has 0 saturated heterocycles. The van der Waals surface area contributed by atoms with E-state index >= 15 is 0 Å². The number of halogens is 2. The number of Topliss-reactive ketones (excluding diaryl/α,β-unsaturated/α-hetero) is 1. The van der Waals surface area contributed by atoms with Crippen molar-refractivity contribution in [2.24, 2.45) is 0 Å². The van der Waals surface area contributed by atoms with Gasteiger partial charge in [-0.05, 0) is 17.7 Å². The molecule has 17 heavy (non-hydrogen) atoms. The van der Waals surface area contributed by atoms with Gasteiger partial charge in [-0.1, -0.05) is 17.7 Å². The third-order valence-corrected chi connectivity index (χ3v) is 2.67. The maximum atomic E-state index is 11.5. The van der Waals surface area contributed by atoms with Crippen LogP contribution < -0.4 is 0 Å². The van der Waals surface area contributed by atoms with Gasteiger partial charge in [0.15, 0.2) is 11.9 Å². The molecule has 0 radical (unpaired) electrons. The van der Waals surface area contributed by atoms with Gasteiger partial charge in [-0.3, -0.25) is 4.79 Å². The summed E-state index contributed by atoms with van der Waals surface area (Å²) in [5.41, 5.74) is 0.401. The van der Waals surface area contributed by atoms with Gasteiger partial charge in [0.05, 0.1) is 5.02 Å². The molecule has 0 amide bonds. The summed E-state index contributed by atoms with van der Waals surface area (Å²) in [6.07, 6.45) is -1.49. The molecule has 0 aromatic heterocycles. The molecular weight excluding hydrogens is 267 g/mol. The Labute approximate surface area is 108 Å². The summed E-state index contributed by atoms with van der Waals surface area (Å²) in [4.78, 5) is 22.1. The third-order valence-electron chi connectivity index (χ3n) is 2.16. The lowest BCUT2D eigenvalue weighted by molar-refractivity contribution is -0.146. The molecule has 0 saturated carbocycles. The first-order chi connectivity index (χ1) is 7.97. The van der Waals surface area contributed by atoms with E-state index in [1.807, 2.05) is 0 Å². The van der Waals surface area contributed by atoms with Crippen molar-refractivity contribution < 1.29 is 19.8 Å². The first kappa shape index (κ1) is 14.0. The number of carbonyl (C=O) groups is 2. The molecule has 0 fully saturated rings. The van der Waals surface area contributed by atoms with E-state index in [1.54, 1.807) is 0 Å². The first-order valence-corrected chi connectivity index (χ1v) is 5.68. The molecule has 0 spiro atoms. The van der Waals surface area contributed by atoms with Crippen molar-refractivity contribution in [1.82, 2.24) is 0 Å². The molecule has 1 rings (SSSR count). The lowest BCUT2D eigenvalue weighted by Gasteiger charge is -2.08. The molecule has 0 aliphatic carbocycles. The maximum absolute atomic E-state index is 11.5. The average molecular weight is 277 g/mol. The van der Waals surface area contributed by atoms with Crippen molar-refractivity contribution in [3.8, 4) is 0 Å². The number of carboxylic acids is 1. The fourth-order valence-electron chi connectivity index (χ4n) is 1.29. The zero-order valence-corrected chi connectivity index (χ0v) is 10.2. The molecule has 4 nitrogen and oxygen atoms in total. The number of aliphatic hydroxyl groups is 1. The van der Waals surface area contributed by atoms with Gasteiger partial charge in [0.25, 0.3) is 0 Å². The van der Waals surface area contributed by atoms with E-state index in [9.17, 15) is 14.7 Å². The Balaban J connectivity index is 3.01. The Morgan fingerprint density at radius 3 is 2.47 bits per heavy atom. The van der Waals surface area contributed by atoms with Crippen molar-refractivity contribution >= 4 is 35.0 Å². The second-order valence-corrected chi connectivity index (χ2v) is 4.13. The SMILES string of the molecule is O=C(CCCl)c1ccc(C(O)C(=O)O)cc1Cl. The number of alkyl halides is 1. The van der Waals surface area contributed by atoms with Crippen molar-refractivity contribution in [1.29, 1.82) is 0 Å². The molecule has 2 N–H and O–H groups in total. The number of ketones is 1. The van der Waals surface area contributed by atoms with Gasteiger partial charge in [0.2, 0.25) is 0 Å². The lowest BCUT2D eigenvalue weighted by atomic mass is 10.0. The highest BCUT2D eigenvalue weighted by molar-refractivity contribution is 6.34. The molecule has 92 valence electrons. The number of carbonyl (C=O) groups excluding carboxylic acids is 1. The van der Waals surface area contributed by atoms with E-state index in [1.165, 1.54) is 18.2 Å². The summed E-state index contributed by atoms with van der Waals surface area (Å²) < 4.78 is 0. The maximum Gasteiger partial charge on any atom is 0.337 e. The fourth-order valence-corrected chi connectivity index (χ4v) is 1.76. The van der Waals surface area contributed by atoms with E-state index in [2.05, 4.69) is 0 Å². The molecule has 0 bridgehead atoms. The van der Waals surface area contributed by atoms with Crippen LogP contribution in [0.15, 0.2) is 18.2 Å². The van der Waals surface area contributed by atoms with Crippen LogP contribution in [0.1, 0.15) is 28.4 Å². The van der Waals surface area contributed by atoms with Gasteiger partial charge in [0, 0.05) is 17.9 Å². The Hall–Kier alpha value is -1.10. The van der Waals surface area contributed by atoms with Crippen LogP contribution >= 0.6 is 23.2 Å². The zero-order valence-electron chi connectivity index (χ0n) is 8.69. The Bertz CT molecular complexity index is 445. The zero-order chi connectivity index (χ0) is 13.0. The highest BCUT2D eigenvalue weighted by Gasteiger charge is 2.18. The Morgan fingerprint density at radius 1 is 1.35 bits per heavy atom. The molecular formula is C11H10Cl2O4. The van der Waals surface area contributed by atoms with E-state index in [0.717, 1.165) is 0 Å². The lowest BCUT2D eigenvalue weighted by Crippen LogP contribution is -2.11. The molecule has 0 aliphatic rings. The van der Waals surface area contributed by atoms with Gasteiger partial charge in [-0.2, -0.15) is 0 Å². The van der Waals surface area contributed by atoms with Gasteiger partial charge in [0.1, 0.15) is 0 Å². The van der Waals surface area contributed by atoms with Crippen LogP contribution in [-0.2, 0) is 4.79 Å². The number of hydrogen-bond donors (Lipinski definition) is 2. The first-order valence-electron chi connectivity index (χ1n) is 4.77. The number of aliphatic hydroxyl groups excluding tert-OH is 1. The summed E-state index contributed by atoms with van der Waals surface area (Å²) in [6, 6.07) is 4.01. The summed E-state index contributed by atoms with van der Waals surface area (Å²) in [5, 5.41) is 18.0. The van der Waals surface area contributed by atoms with Gasteiger partial charge in [-0.25, -0.2) is 4.79 Å². The molecule has 1 unspecified atom stereocenters. The van der Waals surface area contributed by atoms with E-state index in [0.29, 0.717) is 0 Å². The summed E-state index contributed by atoms with van der Waals surface area (Å²) in [5.74, 6) is -1.41. The van der Waals surface area contributed by atoms with Crippen LogP contribution in [0.2, 0.25) is 5.02 Å². The molecule has 6 heteroatoms. The number of benzene rings is 1. The second kappa shape index (κ2) is 6.00. The van der Waals surface area contributed by atoms with Crippen LogP contribution in [0.25, 0.3) is 0 Å².